The van der Waals surface area contributed by atoms with E-state index in [1.165, 1.54) is 0 Å². The third-order valence-corrected chi connectivity index (χ3v) is 4.38. The van der Waals surface area contributed by atoms with E-state index in [2.05, 4.69) is 47.4 Å². The highest BCUT2D eigenvalue weighted by Crippen LogP contribution is 2.22. The van der Waals surface area contributed by atoms with Crippen molar-refractivity contribution in [2.75, 3.05) is 26.2 Å². The minimum absolute atomic E-state index is 0.106. The molecule has 2 heterocycles. The van der Waals surface area contributed by atoms with Crippen molar-refractivity contribution in [2.24, 2.45) is 0 Å². The van der Waals surface area contributed by atoms with Crippen LogP contribution in [-0.2, 0) is 0 Å². The van der Waals surface area contributed by atoms with Gasteiger partial charge in [0.15, 0.2) is 0 Å². The second-order valence-electron chi connectivity index (χ2n) is 6.39. The highest BCUT2D eigenvalue weighted by atomic mass is 16.3. The molecule has 2 N–H and O–H groups in total. The molecule has 132 valence electrons. The van der Waals surface area contributed by atoms with E-state index in [-0.39, 0.29) is 6.61 Å². The largest absolute Gasteiger partial charge is 0.395 e. The molecule has 24 heavy (non-hydrogen) atoms. The first kappa shape index (κ1) is 18.6. The third-order valence-electron chi connectivity index (χ3n) is 4.38. The van der Waals surface area contributed by atoms with Crippen molar-refractivity contribution in [2.45, 2.75) is 40.2 Å². The quantitative estimate of drug-likeness (QED) is 0.780. The van der Waals surface area contributed by atoms with E-state index >= 15 is 0 Å². The Labute approximate surface area is 144 Å². The zero-order valence-electron chi connectivity index (χ0n) is 15.2. The van der Waals surface area contributed by atoms with Gasteiger partial charge in [-0.2, -0.15) is 0 Å². The Morgan fingerprint density at radius 2 is 1.83 bits per heavy atom. The van der Waals surface area contributed by atoms with Gasteiger partial charge in [0.1, 0.15) is 5.82 Å². The summed E-state index contributed by atoms with van der Waals surface area (Å²) < 4.78 is 2.11. The molecular weight excluding hydrogens is 302 g/mol. The average molecular weight is 331 g/mol. The Morgan fingerprint density at radius 3 is 2.38 bits per heavy atom. The predicted molar refractivity (Wildman–Crippen MR) is 96.6 cm³/mol. The number of rotatable bonds is 8. The first-order valence-electron chi connectivity index (χ1n) is 8.61. The Kier molecular flexibility index (Phi) is 6.54. The number of nitrogens with zero attached hydrogens (tertiary/aromatic N) is 3. The number of hydrogen-bond donors (Lipinski definition) is 2. The van der Waals surface area contributed by atoms with Crippen LogP contribution >= 0.6 is 0 Å². The SMILES string of the molecule is CCCN(CCO)CC(O)c1cnc(-n2c(C)ccc2C)cc1C. The van der Waals surface area contributed by atoms with Crippen molar-refractivity contribution in [1.82, 2.24) is 14.5 Å². The van der Waals surface area contributed by atoms with Crippen molar-refractivity contribution in [3.05, 3.63) is 46.9 Å². The number of aryl methyl sites for hydroxylation is 3. The predicted octanol–water partition coefficient (Wildman–Crippen LogP) is 2.54. The third kappa shape index (κ3) is 4.23. The molecule has 0 saturated carbocycles. The van der Waals surface area contributed by atoms with Gasteiger partial charge in [0.2, 0.25) is 0 Å². The van der Waals surface area contributed by atoms with Crippen molar-refractivity contribution in [1.29, 1.82) is 0 Å². The fraction of sp³-hybridized carbons (Fsp3) is 0.526. The van der Waals surface area contributed by atoms with Crippen LogP contribution < -0.4 is 0 Å². The first-order chi connectivity index (χ1) is 11.5. The standard InChI is InChI=1S/C19H29N3O2/c1-5-8-21(9-10-23)13-18(24)17-12-20-19(11-14(17)2)22-15(3)6-7-16(22)4/h6-7,11-12,18,23-24H,5,8-10,13H2,1-4H3. The number of pyridine rings is 1. The lowest BCUT2D eigenvalue weighted by Gasteiger charge is -2.24. The van der Waals surface area contributed by atoms with Gasteiger partial charge in [-0.25, -0.2) is 4.98 Å². The molecule has 1 atom stereocenters. The van der Waals surface area contributed by atoms with Gasteiger partial charge in [-0.3, -0.25) is 4.90 Å². The van der Waals surface area contributed by atoms with Crippen LogP contribution in [0.15, 0.2) is 24.4 Å². The summed E-state index contributed by atoms with van der Waals surface area (Å²) in [5, 5.41) is 19.7. The molecule has 0 amide bonds. The molecule has 2 aromatic heterocycles. The van der Waals surface area contributed by atoms with E-state index in [1.807, 2.05) is 13.0 Å². The maximum absolute atomic E-state index is 10.6. The lowest BCUT2D eigenvalue weighted by molar-refractivity contribution is 0.0992. The van der Waals surface area contributed by atoms with Gasteiger partial charge in [0.25, 0.3) is 0 Å². The summed E-state index contributed by atoms with van der Waals surface area (Å²) in [4.78, 5) is 6.64. The summed E-state index contributed by atoms with van der Waals surface area (Å²) in [6, 6.07) is 6.17. The summed E-state index contributed by atoms with van der Waals surface area (Å²) in [5.41, 5.74) is 4.16. The molecule has 0 bridgehead atoms. The number of hydrogen-bond acceptors (Lipinski definition) is 4. The van der Waals surface area contributed by atoms with Crippen LogP contribution in [0.3, 0.4) is 0 Å². The molecule has 5 heteroatoms. The fourth-order valence-electron chi connectivity index (χ4n) is 3.15. The number of aliphatic hydroxyl groups is 2. The van der Waals surface area contributed by atoms with E-state index in [1.54, 1.807) is 6.20 Å². The van der Waals surface area contributed by atoms with Crippen molar-refractivity contribution in [3.63, 3.8) is 0 Å². The van der Waals surface area contributed by atoms with Gasteiger partial charge in [-0.05, 0) is 57.5 Å². The van der Waals surface area contributed by atoms with E-state index in [4.69, 9.17) is 5.11 Å². The second kappa shape index (κ2) is 8.42. The van der Waals surface area contributed by atoms with Crippen LogP contribution in [0, 0.1) is 20.8 Å². The molecule has 2 rings (SSSR count). The maximum Gasteiger partial charge on any atom is 0.137 e. The zero-order chi connectivity index (χ0) is 17.7. The summed E-state index contributed by atoms with van der Waals surface area (Å²) in [6.45, 7) is 10.3. The molecule has 0 aliphatic heterocycles. The van der Waals surface area contributed by atoms with Crippen LogP contribution in [0.1, 0.15) is 42.0 Å². The maximum atomic E-state index is 10.6. The van der Waals surface area contributed by atoms with Gasteiger partial charge in [0.05, 0.1) is 12.7 Å². The molecule has 0 aliphatic carbocycles. The van der Waals surface area contributed by atoms with Gasteiger partial charge in [0, 0.05) is 36.2 Å². The van der Waals surface area contributed by atoms with Crippen LogP contribution in [0.4, 0.5) is 0 Å². The molecule has 0 spiro atoms. The average Bonchev–Trinajstić information content (AvgIpc) is 2.86. The van der Waals surface area contributed by atoms with E-state index in [9.17, 15) is 5.11 Å². The summed E-state index contributed by atoms with van der Waals surface area (Å²) >= 11 is 0. The molecule has 2 aromatic rings. The van der Waals surface area contributed by atoms with Crippen LogP contribution in [0.5, 0.6) is 0 Å². The molecule has 0 saturated heterocycles. The molecular formula is C19H29N3O2. The molecule has 0 fully saturated rings. The highest BCUT2D eigenvalue weighted by molar-refractivity contribution is 5.37. The van der Waals surface area contributed by atoms with E-state index < -0.39 is 6.10 Å². The summed E-state index contributed by atoms with van der Waals surface area (Å²) in [5.74, 6) is 0.879. The first-order valence-corrected chi connectivity index (χ1v) is 8.61. The van der Waals surface area contributed by atoms with Gasteiger partial charge in [-0.15, -0.1) is 0 Å². The molecule has 0 aliphatic rings. The molecule has 1 unspecified atom stereocenters. The smallest absolute Gasteiger partial charge is 0.137 e. The van der Waals surface area contributed by atoms with Crippen molar-refractivity contribution >= 4 is 0 Å². The molecule has 5 nitrogen and oxygen atoms in total. The van der Waals surface area contributed by atoms with E-state index in [0.29, 0.717) is 13.1 Å². The summed E-state index contributed by atoms with van der Waals surface area (Å²) in [6.07, 6.45) is 2.17. The number of aromatic nitrogens is 2. The Balaban J connectivity index is 2.20. The Bertz CT molecular complexity index is 641. The molecule has 0 aromatic carbocycles. The second-order valence-corrected chi connectivity index (χ2v) is 6.39. The van der Waals surface area contributed by atoms with Gasteiger partial charge < -0.3 is 14.8 Å². The lowest BCUT2D eigenvalue weighted by Crippen LogP contribution is -2.32. The topological polar surface area (TPSA) is 61.5 Å². The highest BCUT2D eigenvalue weighted by Gasteiger charge is 2.16. The van der Waals surface area contributed by atoms with Crippen LogP contribution in [0.25, 0.3) is 5.82 Å². The van der Waals surface area contributed by atoms with Gasteiger partial charge in [-0.1, -0.05) is 6.92 Å². The lowest BCUT2D eigenvalue weighted by atomic mass is 10.1. The minimum Gasteiger partial charge on any atom is -0.395 e. The zero-order valence-corrected chi connectivity index (χ0v) is 15.2. The number of aliphatic hydroxyl groups excluding tert-OH is 2. The van der Waals surface area contributed by atoms with Gasteiger partial charge >= 0.3 is 0 Å². The van der Waals surface area contributed by atoms with Crippen molar-refractivity contribution in [3.8, 4) is 5.82 Å². The normalized spacial score (nSPS) is 12.8. The van der Waals surface area contributed by atoms with Crippen LogP contribution in [-0.4, -0.2) is 50.9 Å². The summed E-state index contributed by atoms with van der Waals surface area (Å²) in [7, 11) is 0. The van der Waals surface area contributed by atoms with Crippen LogP contribution in [0.2, 0.25) is 0 Å². The Hall–Kier alpha value is -1.69. The van der Waals surface area contributed by atoms with E-state index in [0.717, 1.165) is 41.3 Å². The molecule has 0 radical (unpaired) electrons. The van der Waals surface area contributed by atoms with Crippen molar-refractivity contribution < 1.29 is 10.2 Å². The minimum atomic E-state index is -0.600. The monoisotopic (exact) mass is 331 g/mol. The Morgan fingerprint density at radius 1 is 1.17 bits per heavy atom. The fourth-order valence-corrected chi connectivity index (χ4v) is 3.15.